The van der Waals surface area contributed by atoms with Crippen molar-refractivity contribution in [1.82, 2.24) is 5.32 Å². The summed E-state index contributed by atoms with van der Waals surface area (Å²) < 4.78 is 25.4. The van der Waals surface area contributed by atoms with Crippen molar-refractivity contribution in [3.05, 3.63) is 28.8 Å². The van der Waals surface area contributed by atoms with E-state index in [-0.39, 0.29) is 17.2 Å². The Morgan fingerprint density at radius 3 is 2.50 bits per heavy atom. The summed E-state index contributed by atoms with van der Waals surface area (Å²) in [6.45, 7) is 8.27. The van der Waals surface area contributed by atoms with Gasteiger partial charge in [0.05, 0.1) is 11.9 Å². The van der Waals surface area contributed by atoms with Crippen molar-refractivity contribution in [2.24, 2.45) is 0 Å². The van der Waals surface area contributed by atoms with Crippen molar-refractivity contribution >= 4 is 45.0 Å². The SMILES string of the molecule is Cc1c(Cl)cccc1N(CC(=O)NCCSC(C)(C)C)S(C)(=O)=O. The van der Waals surface area contributed by atoms with Gasteiger partial charge in [0.15, 0.2) is 0 Å². The maximum Gasteiger partial charge on any atom is 0.240 e. The first-order chi connectivity index (χ1) is 10.9. The Labute approximate surface area is 154 Å². The van der Waals surface area contributed by atoms with Crippen LogP contribution >= 0.6 is 23.4 Å². The lowest BCUT2D eigenvalue weighted by Crippen LogP contribution is -2.41. The summed E-state index contributed by atoms with van der Waals surface area (Å²) in [6, 6.07) is 5.00. The number of hydrogen-bond acceptors (Lipinski definition) is 4. The van der Waals surface area contributed by atoms with Gasteiger partial charge in [-0.2, -0.15) is 11.8 Å². The summed E-state index contributed by atoms with van der Waals surface area (Å²) in [4.78, 5) is 12.1. The molecule has 0 heterocycles. The summed E-state index contributed by atoms with van der Waals surface area (Å²) >= 11 is 7.80. The Kier molecular flexibility index (Phi) is 7.44. The van der Waals surface area contributed by atoms with Gasteiger partial charge in [-0.3, -0.25) is 9.10 Å². The quantitative estimate of drug-likeness (QED) is 0.724. The number of carbonyl (C=O) groups is 1. The molecule has 0 aliphatic carbocycles. The van der Waals surface area contributed by atoms with E-state index in [2.05, 4.69) is 26.1 Å². The molecule has 0 saturated heterocycles. The molecule has 0 bridgehead atoms. The number of anilines is 1. The fourth-order valence-electron chi connectivity index (χ4n) is 1.98. The molecule has 1 rings (SSSR count). The van der Waals surface area contributed by atoms with Crippen LogP contribution in [0, 0.1) is 6.92 Å². The molecule has 1 N–H and O–H groups in total. The van der Waals surface area contributed by atoms with Gasteiger partial charge >= 0.3 is 0 Å². The third-order valence-electron chi connectivity index (χ3n) is 3.15. The number of nitrogens with zero attached hydrogens (tertiary/aromatic N) is 1. The summed E-state index contributed by atoms with van der Waals surface area (Å²) in [6.07, 6.45) is 1.08. The number of carbonyl (C=O) groups excluding carboxylic acids is 1. The second-order valence-electron chi connectivity index (χ2n) is 6.46. The van der Waals surface area contributed by atoms with Crippen molar-refractivity contribution in [2.45, 2.75) is 32.4 Å². The fraction of sp³-hybridized carbons (Fsp3) is 0.562. The largest absolute Gasteiger partial charge is 0.354 e. The minimum Gasteiger partial charge on any atom is -0.354 e. The number of nitrogens with one attached hydrogen (secondary N) is 1. The number of halogens is 1. The number of benzene rings is 1. The molecule has 0 fully saturated rings. The highest BCUT2D eigenvalue weighted by Gasteiger charge is 2.23. The van der Waals surface area contributed by atoms with Crippen LogP contribution in [0.2, 0.25) is 5.02 Å². The summed E-state index contributed by atoms with van der Waals surface area (Å²) in [5, 5.41) is 3.22. The zero-order valence-electron chi connectivity index (χ0n) is 14.7. The lowest BCUT2D eigenvalue weighted by atomic mass is 10.2. The van der Waals surface area contributed by atoms with E-state index in [1.54, 1.807) is 36.9 Å². The first-order valence-corrected chi connectivity index (χ1v) is 10.8. The molecule has 0 radical (unpaired) electrons. The maximum atomic E-state index is 12.1. The van der Waals surface area contributed by atoms with E-state index < -0.39 is 10.0 Å². The Balaban J connectivity index is 2.78. The third-order valence-corrected chi connectivity index (χ3v) is 5.96. The maximum absolute atomic E-state index is 12.1. The van der Waals surface area contributed by atoms with Crippen LogP contribution in [0.5, 0.6) is 0 Å². The zero-order chi connectivity index (χ0) is 18.5. The van der Waals surface area contributed by atoms with Crippen LogP contribution in [-0.2, 0) is 14.8 Å². The van der Waals surface area contributed by atoms with Crippen molar-refractivity contribution in [1.29, 1.82) is 0 Å². The van der Waals surface area contributed by atoms with Gasteiger partial charge in [-0.15, -0.1) is 0 Å². The summed E-state index contributed by atoms with van der Waals surface area (Å²) in [5.74, 6) is 0.430. The number of amides is 1. The Bertz CT molecular complexity index is 685. The summed E-state index contributed by atoms with van der Waals surface area (Å²) in [5.41, 5.74) is 1.05. The standard InChI is InChI=1S/C16H25ClN2O3S2/c1-12-13(17)7-6-8-14(12)19(24(5,21)22)11-15(20)18-9-10-23-16(2,3)4/h6-8H,9-11H2,1-5H3,(H,18,20). The Morgan fingerprint density at radius 2 is 1.96 bits per heavy atom. The van der Waals surface area contributed by atoms with Crippen LogP contribution in [0.4, 0.5) is 5.69 Å². The van der Waals surface area contributed by atoms with Crippen LogP contribution < -0.4 is 9.62 Å². The molecule has 5 nitrogen and oxygen atoms in total. The van der Waals surface area contributed by atoms with Crippen LogP contribution in [0.3, 0.4) is 0 Å². The number of rotatable bonds is 7. The van der Waals surface area contributed by atoms with Gasteiger partial charge in [0.25, 0.3) is 0 Å². The molecular weight excluding hydrogens is 368 g/mol. The van der Waals surface area contributed by atoms with Gasteiger partial charge in [-0.05, 0) is 24.6 Å². The van der Waals surface area contributed by atoms with Crippen LogP contribution in [0.25, 0.3) is 0 Å². The molecule has 0 spiro atoms. The lowest BCUT2D eigenvalue weighted by Gasteiger charge is -2.24. The van der Waals surface area contributed by atoms with E-state index in [0.29, 0.717) is 22.8 Å². The highest BCUT2D eigenvalue weighted by molar-refractivity contribution is 8.00. The lowest BCUT2D eigenvalue weighted by molar-refractivity contribution is -0.119. The third kappa shape index (κ3) is 6.91. The van der Waals surface area contributed by atoms with E-state index >= 15 is 0 Å². The first-order valence-electron chi connectivity index (χ1n) is 7.55. The number of thioether (sulfide) groups is 1. The topological polar surface area (TPSA) is 66.5 Å². The second kappa shape index (κ2) is 8.45. The molecule has 0 atom stereocenters. The highest BCUT2D eigenvalue weighted by Crippen LogP contribution is 2.28. The number of hydrogen-bond donors (Lipinski definition) is 1. The normalized spacial score (nSPS) is 12.1. The van der Waals surface area contributed by atoms with Crippen molar-refractivity contribution in [2.75, 3.05) is 29.4 Å². The van der Waals surface area contributed by atoms with Crippen molar-refractivity contribution in [3.8, 4) is 0 Å². The smallest absolute Gasteiger partial charge is 0.240 e. The van der Waals surface area contributed by atoms with Crippen molar-refractivity contribution in [3.63, 3.8) is 0 Å². The van der Waals surface area contributed by atoms with Gasteiger partial charge in [0, 0.05) is 22.1 Å². The van der Waals surface area contributed by atoms with Crippen LogP contribution in [0.15, 0.2) is 18.2 Å². The van der Waals surface area contributed by atoms with Gasteiger partial charge in [-0.25, -0.2) is 8.42 Å². The van der Waals surface area contributed by atoms with Crippen LogP contribution in [-0.4, -0.2) is 44.2 Å². The second-order valence-corrected chi connectivity index (χ2v) is 10.7. The predicted molar refractivity (Wildman–Crippen MR) is 104 cm³/mol. The molecular formula is C16H25ClN2O3S2. The van der Waals surface area contributed by atoms with Gasteiger partial charge in [0.2, 0.25) is 15.9 Å². The average Bonchev–Trinajstić information content (AvgIpc) is 2.42. The minimum atomic E-state index is -3.60. The highest BCUT2D eigenvalue weighted by atomic mass is 35.5. The molecule has 0 aromatic heterocycles. The molecule has 0 aliphatic rings. The van der Waals surface area contributed by atoms with E-state index in [0.717, 1.165) is 16.3 Å². The van der Waals surface area contributed by atoms with E-state index in [9.17, 15) is 13.2 Å². The fourth-order valence-corrected chi connectivity index (χ4v) is 3.87. The Morgan fingerprint density at radius 1 is 1.33 bits per heavy atom. The van der Waals surface area contributed by atoms with E-state index in [4.69, 9.17) is 11.6 Å². The van der Waals surface area contributed by atoms with E-state index in [1.807, 2.05) is 0 Å². The molecule has 24 heavy (non-hydrogen) atoms. The average molecular weight is 393 g/mol. The summed E-state index contributed by atoms with van der Waals surface area (Å²) in [7, 11) is -3.60. The molecule has 8 heteroatoms. The first kappa shape index (κ1) is 21.1. The van der Waals surface area contributed by atoms with Gasteiger partial charge in [0.1, 0.15) is 6.54 Å². The molecule has 1 aromatic rings. The molecule has 1 aromatic carbocycles. The van der Waals surface area contributed by atoms with Gasteiger partial charge in [-0.1, -0.05) is 38.4 Å². The van der Waals surface area contributed by atoms with Crippen LogP contribution in [0.1, 0.15) is 26.3 Å². The predicted octanol–water partition coefficient (Wildman–Crippen LogP) is 3.06. The molecule has 0 saturated carbocycles. The van der Waals surface area contributed by atoms with Gasteiger partial charge < -0.3 is 5.32 Å². The molecule has 0 unspecified atom stereocenters. The Hall–Kier alpha value is -0.920. The molecule has 1 amide bonds. The molecule has 136 valence electrons. The van der Waals surface area contributed by atoms with Crippen molar-refractivity contribution < 1.29 is 13.2 Å². The zero-order valence-corrected chi connectivity index (χ0v) is 17.1. The minimum absolute atomic E-state index is 0.126. The number of sulfonamides is 1. The monoisotopic (exact) mass is 392 g/mol. The molecule has 0 aliphatic heterocycles. The van der Waals surface area contributed by atoms with E-state index in [1.165, 1.54) is 0 Å².